The van der Waals surface area contributed by atoms with Crippen LogP contribution in [0.3, 0.4) is 0 Å². The number of rotatable bonds is 5. The number of halogens is 1. The molecule has 0 N–H and O–H groups in total. The standard InChI is InChI=1S/C12H15ClN2O4/c1-8(2)14(3)12(16)7-19-11-6-9(15(17)18)4-5-10(11)13/h4-6,8H,7H2,1-3H3. The van der Waals surface area contributed by atoms with Crippen LogP contribution < -0.4 is 4.74 Å². The zero-order valence-electron chi connectivity index (χ0n) is 10.9. The molecular weight excluding hydrogens is 272 g/mol. The smallest absolute Gasteiger partial charge is 0.273 e. The van der Waals surface area contributed by atoms with E-state index in [1.165, 1.54) is 23.1 Å². The summed E-state index contributed by atoms with van der Waals surface area (Å²) in [6, 6.07) is 3.89. The van der Waals surface area contributed by atoms with Gasteiger partial charge in [-0.05, 0) is 19.9 Å². The van der Waals surface area contributed by atoms with Crippen molar-refractivity contribution in [1.29, 1.82) is 0 Å². The van der Waals surface area contributed by atoms with Crippen molar-refractivity contribution in [2.75, 3.05) is 13.7 Å². The summed E-state index contributed by atoms with van der Waals surface area (Å²) in [5, 5.41) is 10.9. The number of amides is 1. The number of nitro groups is 1. The van der Waals surface area contributed by atoms with Gasteiger partial charge in [0, 0.05) is 19.2 Å². The predicted octanol–water partition coefficient (Wildman–Crippen LogP) is 2.49. The summed E-state index contributed by atoms with van der Waals surface area (Å²) in [5.41, 5.74) is -0.135. The van der Waals surface area contributed by atoms with Gasteiger partial charge in [0.05, 0.1) is 16.0 Å². The normalized spacial score (nSPS) is 10.4. The van der Waals surface area contributed by atoms with Crippen LogP contribution in [0.5, 0.6) is 5.75 Å². The van der Waals surface area contributed by atoms with E-state index < -0.39 is 4.92 Å². The van der Waals surface area contributed by atoms with Crippen molar-refractivity contribution < 1.29 is 14.5 Å². The van der Waals surface area contributed by atoms with Gasteiger partial charge in [0.25, 0.3) is 11.6 Å². The molecule has 0 saturated heterocycles. The van der Waals surface area contributed by atoms with Crippen LogP contribution in [0.15, 0.2) is 18.2 Å². The largest absolute Gasteiger partial charge is 0.482 e. The van der Waals surface area contributed by atoms with E-state index in [4.69, 9.17) is 16.3 Å². The van der Waals surface area contributed by atoms with Crippen LogP contribution in [0.1, 0.15) is 13.8 Å². The lowest BCUT2D eigenvalue weighted by Gasteiger charge is -2.21. The molecule has 1 aromatic carbocycles. The molecule has 104 valence electrons. The first-order valence-corrected chi connectivity index (χ1v) is 6.03. The van der Waals surface area contributed by atoms with Crippen molar-refractivity contribution >= 4 is 23.2 Å². The van der Waals surface area contributed by atoms with Crippen molar-refractivity contribution in [3.05, 3.63) is 33.3 Å². The van der Waals surface area contributed by atoms with E-state index in [0.717, 1.165) is 0 Å². The Balaban J connectivity index is 2.75. The Labute approximate surface area is 116 Å². The van der Waals surface area contributed by atoms with Crippen molar-refractivity contribution in [3.63, 3.8) is 0 Å². The van der Waals surface area contributed by atoms with Crippen molar-refractivity contribution in [3.8, 4) is 5.75 Å². The lowest BCUT2D eigenvalue weighted by Crippen LogP contribution is -2.36. The number of hydrogen-bond donors (Lipinski definition) is 0. The minimum atomic E-state index is -0.550. The van der Waals surface area contributed by atoms with Crippen molar-refractivity contribution in [2.24, 2.45) is 0 Å². The number of likely N-dealkylation sites (N-methyl/N-ethyl adjacent to an activating group) is 1. The van der Waals surface area contributed by atoms with Crippen LogP contribution in [0.2, 0.25) is 5.02 Å². The first kappa shape index (κ1) is 15.2. The Bertz CT molecular complexity index is 491. The van der Waals surface area contributed by atoms with E-state index in [0.29, 0.717) is 0 Å². The highest BCUT2D eigenvalue weighted by Gasteiger charge is 2.15. The van der Waals surface area contributed by atoms with Gasteiger partial charge in [0.15, 0.2) is 6.61 Å². The maximum Gasteiger partial charge on any atom is 0.273 e. The van der Waals surface area contributed by atoms with Crippen molar-refractivity contribution in [1.82, 2.24) is 4.90 Å². The lowest BCUT2D eigenvalue weighted by molar-refractivity contribution is -0.384. The maximum atomic E-state index is 11.7. The highest BCUT2D eigenvalue weighted by atomic mass is 35.5. The van der Waals surface area contributed by atoms with Crippen LogP contribution in [0.4, 0.5) is 5.69 Å². The zero-order chi connectivity index (χ0) is 14.6. The molecule has 0 atom stereocenters. The van der Waals surface area contributed by atoms with Gasteiger partial charge < -0.3 is 9.64 Å². The van der Waals surface area contributed by atoms with Crippen LogP contribution in [0.25, 0.3) is 0 Å². The summed E-state index contributed by atoms with van der Waals surface area (Å²) in [7, 11) is 1.66. The molecule has 0 saturated carbocycles. The highest BCUT2D eigenvalue weighted by Crippen LogP contribution is 2.28. The second-order valence-corrected chi connectivity index (χ2v) is 4.67. The third kappa shape index (κ3) is 4.10. The van der Waals surface area contributed by atoms with Gasteiger partial charge >= 0.3 is 0 Å². The van der Waals surface area contributed by atoms with E-state index in [2.05, 4.69) is 0 Å². The minimum Gasteiger partial charge on any atom is -0.482 e. The predicted molar refractivity (Wildman–Crippen MR) is 71.5 cm³/mol. The zero-order valence-corrected chi connectivity index (χ0v) is 11.7. The van der Waals surface area contributed by atoms with E-state index in [1.807, 2.05) is 13.8 Å². The molecule has 0 aliphatic carbocycles. The Morgan fingerprint density at radius 1 is 1.53 bits per heavy atom. The lowest BCUT2D eigenvalue weighted by atomic mass is 10.3. The summed E-state index contributed by atoms with van der Waals surface area (Å²) in [6.45, 7) is 3.53. The molecule has 0 unspecified atom stereocenters. The monoisotopic (exact) mass is 286 g/mol. The van der Waals surface area contributed by atoms with Crippen LogP contribution in [0, 0.1) is 10.1 Å². The average molecular weight is 287 g/mol. The highest BCUT2D eigenvalue weighted by molar-refractivity contribution is 6.32. The average Bonchev–Trinajstić information content (AvgIpc) is 2.35. The van der Waals surface area contributed by atoms with E-state index in [1.54, 1.807) is 7.05 Å². The number of nitrogens with zero attached hydrogens (tertiary/aromatic N) is 2. The quantitative estimate of drug-likeness (QED) is 0.616. The fraction of sp³-hybridized carbons (Fsp3) is 0.417. The fourth-order valence-electron chi connectivity index (χ4n) is 1.25. The number of non-ortho nitro benzene ring substituents is 1. The van der Waals surface area contributed by atoms with Crippen LogP contribution >= 0.6 is 11.6 Å². The number of benzene rings is 1. The van der Waals surface area contributed by atoms with Gasteiger partial charge in [-0.25, -0.2) is 0 Å². The summed E-state index contributed by atoms with van der Waals surface area (Å²) >= 11 is 5.85. The van der Waals surface area contributed by atoms with Crippen molar-refractivity contribution in [2.45, 2.75) is 19.9 Å². The molecule has 1 amide bonds. The molecule has 0 heterocycles. The van der Waals surface area contributed by atoms with Crippen LogP contribution in [-0.2, 0) is 4.79 Å². The molecule has 1 aromatic rings. The second-order valence-electron chi connectivity index (χ2n) is 4.26. The topological polar surface area (TPSA) is 72.7 Å². The molecule has 1 rings (SSSR count). The Kier molecular flexibility index (Phi) is 5.11. The summed E-state index contributed by atoms with van der Waals surface area (Å²) in [6.07, 6.45) is 0. The Hall–Kier alpha value is -1.82. The second kappa shape index (κ2) is 6.38. The van der Waals surface area contributed by atoms with Gasteiger partial charge in [0.1, 0.15) is 5.75 Å². The SMILES string of the molecule is CC(C)N(C)C(=O)COc1cc([N+](=O)[O-])ccc1Cl. The molecule has 6 nitrogen and oxygen atoms in total. The first-order chi connectivity index (χ1) is 8.82. The first-order valence-electron chi connectivity index (χ1n) is 5.65. The molecule has 0 radical (unpaired) electrons. The number of hydrogen-bond acceptors (Lipinski definition) is 4. The Morgan fingerprint density at radius 2 is 2.16 bits per heavy atom. The molecule has 0 aliphatic heterocycles. The molecule has 0 aromatic heterocycles. The Morgan fingerprint density at radius 3 is 2.68 bits per heavy atom. The molecule has 7 heteroatoms. The molecule has 0 aliphatic rings. The fourth-order valence-corrected chi connectivity index (χ4v) is 1.42. The molecule has 0 spiro atoms. The summed E-state index contributed by atoms with van der Waals surface area (Å²) in [5.74, 6) is -0.0982. The molecule has 0 bridgehead atoms. The van der Waals surface area contributed by atoms with E-state index >= 15 is 0 Å². The minimum absolute atomic E-state index is 0.0525. The third-order valence-corrected chi connectivity index (χ3v) is 2.96. The summed E-state index contributed by atoms with van der Waals surface area (Å²) < 4.78 is 5.23. The number of ether oxygens (including phenoxy) is 1. The van der Waals surface area contributed by atoms with E-state index in [9.17, 15) is 14.9 Å². The van der Waals surface area contributed by atoms with Gasteiger partial charge in [-0.1, -0.05) is 11.6 Å². The number of carbonyl (C=O) groups is 1. The molecule has 0 fully saturated rings. The third-order valence-electron chi connectivity index (χ3n) is 2.64. The molecule has 19 heavy (non-hydrogen) atoms. The van der Waals surface area contributed by atoms with Gasteiger partial charge in [0.2, 0.25) is 0 Å². The van der Waals surface area contributed by atoms with Gasteiger partial charge in [-0.15, -0.1) is 0 Å². The van der Waals surface area contributed by atoms with Gasteiger partial charge in [-0.3, -0.25) is 14.9 Å². The number of nitro benzene ring substituents is 1. The van der Waals surface area contributed by atoms with E-state index in [-0.39, 0.29) is 35.0 Å². The van der Waals surface area contributed by atoms with Crippen LogP contribution in [-0.4, -0.2) is 35.4 Å². The number of carbonyl (C=O) groups excluding carboxylic acids is 1. The maximum absolute atomic E-state index is 11.7. The molecular formula is C12H15ClN2O4. The van der Waals surface area contributed by atoms with Gasteiger partial charge in [-0.2, -0.15) is 0 Å². The summed E-state index contributed by atoms with van der Waals surface area (Å²) in [4.78, 5) is 23.3.